The van der Waals surface area contributed by atoms with E-state index in [1.165, 1.54) is 5.56 Å². The summed E-state index contributed by atoms with van der Waals surface area (Å²) in [6.07, 6.45) is 0. The lowest BCUT2D eigenvalue weighted by atomic mass is 10.0. The Balaban J connectivity index is 2.71. The van der Waals surface area contributed by atoms with Crippen LogP contribution >= 0.6 is 11.6 Å². The Morgan fingerprint density at radius 2 is 1.83 bits per heavy atom. The molecule has 0 aliphatic carbocycles. The third kappa shape index (κ3) is 2.42. The van der Waals surface area contributed by atoms with Crippen molar-refractivity contribution < 1.29 is 4.74 Å². The normalized spacial score (nSPS) is 10.3. The molecule has 0 atom stereocenters. The van der Waals surface area contributed by atoms with E-state index in [4.69, 9.17) is 16.3 Å². The van der Waals surface area contributed by atoms with E-state index >= 15 is 0 Å². The molecule has 0 saturated carbocycles. The van der Waals surface area contributed by atoms with Gasteiger partial charge in [0, 0.05) is 0 Å². The number of hydrogen-bond donors (Lipinski definition) is 0. The molecule has 1 aromatic rings. The van der Waals surface area contributed by atoms with Crippen molar-refractivity contribution in [1.82, 2.24) is 0 Å². The molecule has 0 N–H and O–H groups in total. The van der Waals surface area contributed by atoms with Gasteiger partial charge >= 0.3 is 0 Å². The molecule has 0 aliphatic heterocycles. The summed E-state index contributed by atoms with van der Waals surface area (Å²) >= 11 is 5.42. The van der Waals surface area contributed by atoms with E-state index in [1.54, 1.807) is 0 Å². The van der Waals surface area contributed by atoms with Gasteiger partial charge in [-0.15, -0.1) is 0 Å². The van der Waals surface area contributed by atoms with Crippen LogP contribution < -0.4 is 4.74 Å². The number of alkyl halides is 1. The second-order valence-electron chi connectivity index (χ2n) is 2.98. The fourth-order valence-corrected chi connectivity index (χ4v) is 1.14. The number of rotatable bonds is 3. The summed E-state index contributed by atoms with van der Waals surface area (Å²) in [6, 6.07) is 8.22. The molecule has 66 valence electrons. The summed E-state index contributed by atoms with van der Waals surface area (Å²) in [6.45, 7) is 4.33. The molecule has 0 amide bonds. The van der Waals surface area contributed by atoms with Gasteiger partial charge in [-0.05, 0) is 23.6 Å². The number of benzene rings is 1. The predicted octanol–water partition coefficient (Wildman–Crippen LogP) is 3.39. The second-order valence-corrected chi connectivity index (χ2v) is 3.20. The van der Waals surface area contributed by atoms with E-state index < -0.39 is 0 Å². The van der Waals surface area contributed by atoms with Crippen molar-refractivity contribution in [1.29, 1.82) is 0 Å². The Morgan fingerprint density at radius 3 is 2.25 bits per heavy atom. The molecule has 12 heavy (non-hydrogen) atoms. The van der Waals surface area contributed by atoms with E-state index in [1.807, 2.05) is 12.1 Å². The zero-order valence-electron chi connectivity index (χ0n) is 7.38. The first-order valence-corrected chi connectivity index (χ1v) is 4.56. The maximum atomic E-state index is 5.42. The summed E-state index contributed by atoms with van der Waals surface area (Å²) in [7, 11) is 0. The largest absolute Gasteiger partial charge is 0.478 e. The minimum Gasteiger partial charge on any atom is -0.478 e. The van der Waals surface area contributed by atoms with Crippen LogP contribution in [0.2, 0.25) is 0 Å². The van der Waals surface area contributed by atoms with Gasteiger partial charge in [0.25, 0.3) is 0 Å². The van der Waals surface area contributed by atoms with E-state index in [9.17, 15) is 0 Å². The maximum Gasteiger partial charge on any atom is 0.162 e. The molecule has 0 unspecified atom stereocenters. The third-order valence-electron chi connectivity index (χ3n) is 1.77. The molecular formula is C10H13ClO. The van der Waals surface area contributed by atoms with Gasteiger partial charge < -0.3 is 4.74 Å². The average Bonchev–Trinajstić information content (AvgIpc) is 2.06. The Kier molecular flexibility index (Phi) is 3.42. The Hall–Kier alpha value is -0.690. The monoisotopic (exact) mass is 184 g/mol. The van der Waals surface area contributed by atoms with Gasteiger partial charge in [0.05, 0.1) is 0 Å². The molecule has 0 bridgehead atoms. The van der Waals surface area contributed by atoms with E-state index in [2.05, 4.69) is 26.0 Å². The van der Waals surface area contributed by atoms with Gasteiger partial charge in [0.2, 0.25) is 0 Å². The summed E-state index contributed by atoms with van der Waals surface area (Å²) in [4.78, 5) is 0. The molecule has 0 radical (unpaired) electrons. The van der Waals surface area contributed by atoms with Gasteiger partial charge in [0.15, 0.2) is 6.07 Å². The molecular weight excluding hydrogens is 172 g/mol. The van der Waals surface area contributed by atoms with Crippen molar-refractivity contribution in [2.75, 3.05) is 6.07 Å². The van der Waals surface area contributed by atoms with Crippen molar-refractivity contribution in [3.8, 4) is 5.75 Å². The van der Waals surface area contributed by atoms with Crippen LogP contribution in [0.3, 0.4) is 0 Å². The SMILES string of the molecule is CC(C)c1ccc(OCCl)cc1. The fraction of sp³-hybridized carbons (Fsp3) is 0.400. The Morgan fingerprint density at radius 1 is 1.25 bits per heavy atom. The third-order valence-corrected chi connectivity index (χ3v) is 1.88. The highest BCUT2D eigenvalue weighted by Gasteiger charge is 1.98. The van der Waals surface area contributed by atoms with Crippen LogP contribution in [-0.4, -0.2) is 6.07 Å². The Bertz CT molecular complexity index is 228. The lowest BCUT2D eigenvalue weighted by Gasteiger charge is -2.06. The molecule has 0 saturated heterocycles. The van der Waals surface area contributed by atoms with Gasteiger partial charge in [-0.3, -0.25) is 0 Å². The first-order chi connectivity index (χ1) is 5.74. The van der Waals surface area contributed by atoms with Crippen LogP contribution in [0.25, 0.3) is 0 Å². The van der Waals surface area contributed by atoms with E-state index in [0.29, 0.717) is 5.92 Å². The zero-order chi connectivity index (χ0) is 8.97. The quantitative estimate of drug-likeness (QED) is 0.655. The van der Waals surface area contributed by atoms with Crippen molar-refractivity contribution in [2.24, 2.45) is 0 Å². The number of hydrogen-bond acceptors (Lipinski definition) is 1. The van der Waals surface area contributed by atoms with Crippen molar-refractivity contribution in [3.05, 3.63) is 29.8 Å². The van der Waals surface area contributed by atoms with Crippen molar-refractivity contribution in [3.63, 3.8) is 0 Å². The predicted molar refractivity (Wildman–Crippen MR) is 51.9 cm³/mol. The van der Waals surface area contributed by atoms with Crippen molar-refractivity contribution in [2.45, 2.75) is 19.8 Å². The Labute approximate surface area is 78.3 Å². The first-order valence-electron chi connectivity index (χ1n) is 4.02. The van der Waals surface area contributed by atoms with Crippen LogP contribution in [0.4, 0.5) is 0 Å². The highest BCUT2D eigenvalue weighted by Crippen LogP contribution is 2.18. The molecule has 0 aliphatic rings. The molecule has 1 nitrogen and oxygen atoms in total. The fourth-order valence-electron chi connectivity index (χ4n) is 1.01. The van der Waals surface area contributed by atoms with Crippen LogP contribution in [0, 0.1) is 0 Å². The molecule has 0 heterocycles. The van der Waals surface area contributed by atoms with Crippen molar-refractivity contribution >= 4 is 11.6 Å². The number of ether oxygens (including phenoxy) is 1. The van der Waals surface area contributed by atoms with Gasteiger partial charge in [0.1, 0.15) is 5.75 Å². The highest BCUT2D eigenvalue weighted by molar-refractivity contribution is 6.17. The average molecular weight is 185 g/mol. The molecule has 2 heteroatoms. The minimum absolute atomic E-state index is 0.209. The van der Waals surface area contributed by atoms with Gasteiger partial charge in [-0.1, -0.05) is 37.6 Å². The lowest BCUT2D eigenvalue weighted by molar-refractivity contribution is 0.388. The maximum absolute atomic E-state index is 5.42. The molecule has 0 fully saturated rings. The van der Waals surface area contributed by atoms with E-state index in [-0.39, 0.29) is 6.07 Å². The first kappa shape index (κ1) is 9.40. The van der Waals surface area contributed by atoms with Gasteiger partial charge in [-0.2, -0.15) is 0 Å². The minimum atomic E-state index is 0.209. The smallest absolute Gasteiger partial charge is 0.162 e. The van der Waals surface area contributed by atoms with Crippen LogP contribution in [-0.2, 0) is 0 Å². The lowest BCUT2D eigenvalue weighted by Crippen LogP contribution is -1.90. The summed E-state index contributed by atoms with van der Waals surface area (Å²) in [5.74, 6) is 1.39. The molecule has 0 aromatic heterocycles. The van der Waals surface area contributed by atoms with Crippen LogP contribution in [0.5, 0.6) is 5.75 Å². The van der Waals surface area contributed by atoms with E-state index in [0.717, 1.165) is 5.75 Å². The number of halogens is 1. The van der Waals surface area contributed by atoms with Crippen LogP contribution in [0.15, 0.2) is 24.3 Å². The zero-order valence-corrected chi connectivity index (χ0v) is 8.14. The van der Waals surface area contributed by atoms with Gasteiger partial charge in [-0.25, -0.2) is 0 Å². The molecule has 1 aromatic carbocycles. The second kappa shape index (κ2) is 4.36. The molecule has 1 rings (SSSR count). The highest BCUT2D eigenvalue weighted by atomic mass is 35.5. The summed E-state index contributed by atoms with van der Waals surface area (Å²) < 4.78 is 5.11. The van der Waals surface area contributed by atoms with Crippen LogP contribution in [0.1, 0.15) is 25.3 Å². The topological polar surface area (TPSA) is 9.23 Å². The summed E-state index contributed by atoms with van der Waals surface area (Å²) in [5.41, 5.74) is 1.32. The molecule has 0 spiro atoms. The summed E-state index contributed by atoms with van der Waals surface area (Å²) in [5, 5.41) is 0. The standard InChI is InChI=1S/C10H13ClO/c1-8(2)9-3-5-10(6-4-9)12-7-11/h3-6,8H,7H2,1-2H3.